The average Bonchev–Trinajstić information content (AvgIpc) is 2.55. The Hall–Kier alpha value is -2.50. The molecule has 0 unspecified atom stereocenters. The lowest BCUT2D eigenvalue weighted by molar-refractivity contribution is 0.413. The maximum absolute atomic E-state index is 11.8. The number of H-pyrrole nitrogens is 1. The number of aromatic nitrogens is 2. The number of nitrogens with zero attached hydrogens (tertiary/aromatic N) is 3. The molecule has 1 aliphatic heterocycles. The highest BCUT2D eigenvalue weighted by Gasteiger charge is 2.21. The third-order valence-electron chi connectivity index (χ3n) is 3.69. The van der Waals surface area contributed by atoms with Gasteiger partial charge in [0.2, 0.25) is 0 Å². The number of hydrogen-bond donors (Lipinski definition) is 1. The Labute approximate surface area is 123 Å². The number of piperazine rings is 1. The van der Waals surface area contributed by atoms with Crippen LogP contribution < -0.4 is 20.1 Å². The smallest absolute Gasteiger partial charge is 0.290 e. The SMILES string of the molecule is COc1ccccc1N1CCN(c2ncc[nH]c2=O)CC1. The van der Waals surface area contributed by atoms with E-state index in [0.29, 0.717) is 5.82 Å². The molecule has 1 aromatic heterocycles. The maximum atomic E-state index is 11.8. The van der Waals surface area contributed by atoms with Gasteiger partial charge >= 0.3 is 0 Å². The zero-order chi connectivity index (χ0) is 14.7. The molecule has 0 saturated carbocycles. The van der Waals surface area contributed by atoms with E-state index in [1.807, 2.05) is 23.1 Å². The van der Waals surface area contributed by atoms with Crippen LogP contribution in [0.15, 0.2) is 41.5 Å². The fraction of sp³-hybridized carbons (Fsp3) is 0.333. The standard InChI is InChI=1S/C15H18N4O2/c1-21-13-5-3-2-4-12(13)18-8-10-19(11-9-18)14-15(20)17-7-6-16-14/h2-7H,8-11H2,1H3,(H,17,20). The summed E-state index contributed by atoms with van der Waals surface area (Å²) in [6.45, 7) is 3.18. The molecule has 1 aromatic carbocycles. The van der Waals surface area contributed by atoms with Crippen molar-refractivity contribution in [2.75, 3.05) is 43.1 Å². The molecule has 2 aromatic rings. The highest BCUT2D eigenvalue weighted by Crippen LogP contribution is 2.28. The van der Waals surface area contributed by atoms with Crippen molar-refractivity contribution < 1.29 is 4.74 Å². The molecule has 21 heavy (non-hydrogen) atoms. The zero-order valence-corrected chi connectivity index (χ0v) is 12.0. The van der Waals surface area contributed by atoms with E-state index < -0.39 is 0 Å². The molecule has 1 N–H and O–H groups in total. The van der Waals surface area contributed by atoms with Gasteiger partial charge in [0, 0.05) is 38.6 Å². The molecule has 0 amide bonds. The number of rotatable bonds is 3. The molecule has 0 spiro atoms. The Morgan fingerprint density at radius 1 is 1.14 bits per heavy atom. The van der Waals surface area contributed by atoms with E-state index in [1.165, 1.54) is 0 Å². The van der Waals surface area contributed by atoms with Crippen molar-refractivity contribution >= 4 is 11.5 Å². The van der Waals surface area contributed by atoms with Gasteiger partial charge in [-0.25, -0.2) is 4.98 Å². The van der Waals surface area contributed by atoms with E-state index >= 15 is 0 Å². The number of aromatic amines is 1. The Balaban J connectivity index is 1.74. The van der Waals surface area contributed by atoms with Crippen molar-refractivity contribution in [3.63, 3.8) is 0 Å². The van der Waals surface area contributed by atoms with Gasteiger partial charge in [0.25, 0.3) is 5.56 Å². The maximum Gasteiger partial charge on any atom is 0.290 e. The van der Waals surface area contributed by atoms with E-state index in [4.69, 9.17) is 4.74 Å². The summed E-state index contributed by atoms with van der Waals surface area (Å²) in [6, 6.07) is 7.99. The lowest BCUT2D eigenvalue weighted by Gasteiger charge is -2.36. The van der Waals surface area contributed by atoms with Crippen LogP contribution in [0.1, 0.15) is 0 Å². The third kappa shape index (κ3) is 2.69. The van der Waals surface area contributed by atoms with Crippen molar-refractivity contribution in [1.82, 2.24) is 9.97 Å². The van der Waals surface area contributed by atoms with Gasteiger partial charge in [-0.3, -0.25) is 4.79 Å². The molecular formula is C15H18N4O2. The molecule has 6 nitrogen and oxygen atoms in total. The van der Waals surface area contributed by atoms with Crippen LogP contribution in [0.2, 0.25) is 0 Å². The van der Waals surface area contributed by atoms with Crippen LogP contribution in [0.25, 0.3) is 0 Å². The predicted octanol–water partition coefficient (Wildman–Crippen LogP) is 1.11. The molecule has 1 fully saturated rings. The van der Waals surface area contributed by atoms with E-state index in [0.717, 1.165) is 37.6 Å². The summed E-state index contributed by atoms with van der Waals surface area (Å²) < 4.78 is 5.41. The summed E-state index contributed by atoms with van der Waals surface area (Å²) in [5.74, 6) is 1.37. The molecule has 0 aliphatic carbocycles. The van der Waals surface area contributed by atoms with Crippen molar-refractivity contribution in [1.29, 1.82) is 0 Å². The van der Waals surface area contributed by atoms with Crippen LogP contribution in [0.3, 0.4) is 0 Å². The van der Waals surface area contributed by atoms with Gasteiger partial charge < -0.3 is 19.5 Å². The van der Waals surface area contributed by atoms with Crippen molar-refractivity contribution in [3.05, 3.63) is 47.0 Å². The Morgan fingerprint density at radius 3 is 2.57 bits per heavy atom. The normalized spacial score (nSPS) is 15.1. The largest absolute Gasteiger partial charge is 0.495 e. The first-order valence-corrected chi connectivity index (χ1v) is 6.96. The van der Waals surface area contributed by atoms with Crippen LogP contribution in [0.5, 0.6) is 5.75 Å². The zero-order valence-electron chi connectivity index (χ0n) is 12.0. The van der Waals surface area contributed by atoms with Gasteiger partial charge in [-0.15, -0.1) is 0 Å². The van der Waals surface area contributed by atoms with Crippen molar-refractivity contribution in [2.24, 2.45) is 0 Å². The molecule has 1 saturated heterocycles. The number of benzene rings is 1. The molecule has 0 bridgehead atoms. The van der Waals surface area contributed by atoms with Gasteiger partial charge in [0.1, 0.15) is 5.75 Å². The monoisotopic (exact) mass is 286 g/mol. The molecule has 2 heterocycles. The van der Waals surface area contributed by atoms with Gasteiger partial charge in [-0.2, -0.15) is 0 Å². The minimum absolute atomic E-state index is 0.136. The van der Waals surface area contributed by atoms with Crippen LogP contribution in [0.4, 0.5) is 11.5 Å². The number of ether oxygens (including phenoxy) is 1. The minimum atomic E-state index is -0.136. The van der Waals surface area contributed by atoms with Crippen molar-refractivity contribution in [2.45, 2.75) is 0 Å². The predicted molar refractivity (Wildman–Crippen MR) is 82.3 cm³/mol. The topological polar surface area (TPSA) is 61.5 Å². The van der Waals surface area contributed by atoms with Gasteiger partial charge in [0.15, 0.2) is 5.82 Å². The van der Waals surface area contributed by atoms with E-state index in [9.17, 15) is 4.79 Å². The number of anilines is 2. The molecule has 1 aliphatic rings. The van der Waals surface area contributed by atoms with E-state index in [-0.39, 0.29) is 5.56 Å². The Morgan fingerprint density at radius 2 is 1.86 bits per heavy atom. The second-order valence-electron chi connectivity index (χ2n) is 4.89. The molecule has 0 atom stereocenters. The average molecular weight is 286 g/mol. The number of hydrogen-bond acceptors (Lipinski definition) is 5. The minimum Gasteiger partial charge on any atom is -0.495 e. The first-order chi connectivity index (χ1) is 10.3. The van der Waals surface area contributed by atoms with Gasteiger partial charge in [-0.05, 0) is 12.1 Å². The number of methoxy groups -OCH3 is 1. The van der Waals surface area contributed by atoms with Crippen LogP contribution in [0, 0.1) is 0 Å². The fourth-order valence-corrected chi connectivity index (χ4v) is 2.62. The lowest BCUT2D eigenvalue weighted by atomic mass is 10.2. The van der Waals surface area contributed by atoms with Crippen LogP contribution in [-0.4, -0.2) is 43.3 Å². The quantitative estimate of drug-likeness (QED) is 0.915. The summed E-state index contributed by atoms with van der Waals surface area (Å²) >= 11 is 0. The summed E-state index contributed by atoms with van der Waals surface area (Å²) in [6.07, 6.45) is 3.17. The van der Waals surface area contributed by atoms with E-state index in [2.05, 4.69) is 20.9 Å². The number of nitrogens with one attached hydrogen (secondary N) is 1. The first kappa shape index (κ1) is 13.5. The Bertz CT molecular complexity index is 662. The molecule has 3 rings (SSSR count). The Kier molecular flexibility index (Phi) is 3.77. The second-order valence-corrected chi connectivity index (χ2v) is 4.89. The molecular weight excluding hydrogens is 268 g/mol. The third-order valence-corrected chi connectivity index (χ3v) is 3.69. The fourth-order valence-electron chi connectivity index (χ4n) is 2.62. The second kappa shape index (κ2) is 5.87. The van der Waals surface area contributed by atoms with E-state index in [1.54, 1.807) is 19.5 Å². The highest BCUT2D eigenvalue weighted by atomic mass is 16.5. The summed E-state index contributed by atoms with van der Waals surface area (Å²) in [5, 5.41) is 0. The highest BCUT2D eigenvalue weighted by molar-refractivity contribution is 5.59. The molecule has 110 valence electrons. The summed E-state index contributed by atoms with van der Waals surface area (Å²) in [5.41, 5.74) is 0.956. The number of para-hydroxylation sites is 2. The van der Waals surface area contributed by atoms with Gasteiger partial charge in [-0.1, -0.05) is 12.1 Å². The molecule has 6 heteroatoms. The molecule has 0 radical (unpaired) electrons. The van der Waals surface area contributed by atoms with Crippen molar-refractivity contribution in [3.8, 4) is 5.75 Å². The summed E-state index contributed by atoms with van der Waals surface area (Å²) in [7, 11) is 1.68. The summed E-state index contributed by atoms with van der Waals surface area (Å²) in [4.78, 5) is 22.9. The first-order valence-electron chi connectivity index (χ1n) is 6.96. The van der Waals surface area contributed by atoms with Gasteiger partial charge in [0.05, 0.1) is 12.8 Å². The lowest BCUT2D eigenvalue weighted by Crippen LogP contribution is -2.48. The van der Waals surface area contributed by atoms with Crippen LogP contribution in [-0.2, 0) is 0 Å². The van der Waals surface area contributed by atoms with Crippen LogP contribution >= 0.6 is 0 Å².